The van der Waals surface area contributed by atoms with Crippen molar-refractivity contribution in [3.05, 3.63) is 11.3 Å². The Labute approximate surface area is 111 Å². The smallest absolute Gasteiger partial charge is 0.130 e. The minimum atomic E-state index is 0.0216. The maximum atomic E-state index is 8.92. The lowest BCUT2D eigenvalue weighted by Gasteiger charge is -2.25. The van der Waals surface area contributed by atoms with Gasteiger partial charge >= 0.3 is 0 Å². The fourth-order valence-corrected chi connectivity index (χ4v) is 2.64. The van der Waals surface area contributed by atoms with Gasteiger partial charge in [-0.2, -0.15) is 10.4 Å². The number of rotatable bonds is 5. The molecule has 0 N–H and O–H groups in total. The van der Waals surface area contributed by atoms with E-state index in [2.05, 4.69) is 38.9 Å². The molecule has 0 aliphatic carbocycles. The van der Waals surface area contributed by atoms with Crippen LogP contribution in [0.5, 0.6) is 0 Å². The molecule has 0 fully saturated rings. The maximum Gasteiger partial charge on any atom is 0.130 e. The second-order valence-corrected chi connectivity index (χ2v) is 4.77. The van der Waals surface area contributed by atoms with Crippen molar-refractivity contribution in [1.29, 1.82) is 5.26 Å². The average molecular weight is 299 g/mol. The van der Waals surface area contributed by atoms with Crippen molar-refractivity contribution in [1.82, 2.24) is 9.78 Å². The summed E-state index contributed by atoms with van der Waals surface area (Å²) < 4.78 is 1.90. The fourth-order valence-electron chi connectivity index (χ4n) is 1.98. The van der Waals surface area contributed by atoms with Crippen LogP contribution in [0.15, 0.2) is 0 Å². The first-order valence-electron chi connectivity index (χ1n) is 5.78. The second-order valence-electron chi connectivity index (χ2n) is 4.21. The molecule has 1 rings (SSSR count). The summed E-state index contributed by atoms with van der Waals surface area (Å²) in [6.45, 7) is 7.68. The van der Waals surface area contributed by atoms with Crippen LogP contribution in [0.3, 0.4) is 0 Å². The van der Waals surface area contributed by atoms with E-state index in [0.29, 0.717) is 0 Å². The Morgan fingerprint density at radius 1 is 1.59 bits per heavy atom. The monoisotopic (exact) mass is 298 g/mol. The van der Waals surface area contributed by atoms with E-state index in [4.69, 9.17) is 5.26 Å². The maximum absolute atomic E-state index is 8.92. The lowest BCUT2D eigenvalue weighted by atomic mass is 10.2. The van der Waals surface area contributed by atoms with E-state index in [0.717, 1.165) is 29.9 Å². The molecule has 1 heterocycles. The Morgan fingerprint density at radius 3 is 2.71 bits per heavy atom. The van der Waals surface area contributed by atoms with Gasteiger partial charge in [0.2, 0.25) is 0 Å². The highest BCUT2D eigenvalue weighted by Crippen LogP contribution is 2.25. The number of alkyl halides is 1. The molecule has 0 amide bonds. The van der Waals surface area contributed by atoms with E-state index < -0.39 is 0 Å². The summed E-state index contributed by atoms with van der Waals surface area (Å²) in [4.78, 5) is 2.21. The normalized spacial score (nSPS) is 12.2. The van der Waals surface area contributed by atoms with Crippen molar-refractivity contribution in [3.8, 4) is 6.07 Å². The number of hydrogen-bond donors (Lipinski definition) is 0. The number of aromatic nitrogens is 2. The SMILES string of the molecule is CCN(CC(C)C#N)c1c(CBr)c(C)nn1C. The highest BCUT2D eigenvalue weighted by atomic mass is 79.9. The highest BCUT2D eigenvalue weighted by molar-refractivity contribution is 9.08. The van der Waals surface area contributed by atoms with Crippen molar-refractivity contribution in [2.24, 2.45) is 13.0 Å². The van der Waals surface area contributed by atoms with Gasteiger partial charge in [-0.1, -0.05) is 15.9 Å². The van der Waals surface area contributed by atoms with E-state index in [-0.39, 0.29) is 5.92 Å². The Bertz CT molecular complexity index is 419. The van der Waals surface area contributed by atoms with Crippen molar-refractivity contribution in [2.45, 2.75) is 26.1 Å². The molecule has 0 saturated carbocycles. The second kappa shape index (κ2) is 6.06. The Balaban J connectivity index is 3.07. The Morgan fingerprint density at radius 2 is 2.24 bits per heavy atom. The summed E-state index contributed by atoms with van der Waals surface area (Å²) in [7, 11) is 1.95. The lowest BCUT2D eigenvalue weighted by Crippen LogP contribution is -2.30. The minimum absolute atomic E-state index is 0.0216. The van der Waals surface area contributed by atoms with Gasteiger partial charge in [0.15, 0.2) is 0 Å². The molecule has 0 aliphatic heterocycles. The molecule has 0 aliphatic rings. The van der Waals surface area contributed by atoms with Crippen molar-refractivity contribution in [3.63, 3.8) is 0 Å². The summed E-state index contributed by atoms with van der Waals surface area (Å²) in [6, 6.07) is 2.28. The average Bonchev–Trinajstić information content (AvgIpc) is 2.60. The van der Waals surface area contributed by atoms with Crippen LogP contribution in [-0.2, 0) is 12.4 Å². The van der Waals surface area contributed by atoms with Gasteiger partial charge in [-0.25, -0.2) is 0 Å². The first-order chi connectivity index (χ1) is 8.04. The third-order valence-corrected chi connectivity index (χ3v) is 3.40. The molecular weight excluding hydrogens is 280 g/mol. The third kappa shape index (κ3) is 3.01. The predicted octanol–water partition coefficient (Wildman–Crippen LogP) is 2.61. The first-order valence-corrected chi connectivity index (χ1v) is 6.90. The lowest BCUT2D eigenvalue weighted by molar-refractivity contribution is 0.647. The minimum Gasteiger partial charge on any atom is -0.356 e. The molecule has 4 nitrogen and oxygen atoms in total. The van der Waals surface area contributed by atoms with Gasteiger partial charge in [0.25, 0.3) is 0 Å². The topological polar surface area (TPSA) is 44.9 Å². The van der Waals surface area contributed by atoms with Crippen LogP contribution in [0.25, 0.3) is 0 Å². The van der Waals surface area contributed by atoms with Crippen LogP contribution in [0.4, 0.5) is 5.82 Å². The van der Waals surface area contributed by atoms with Crippen molar-refractivity contribution in [2.75, 3.05) is 18.0 Å². The third-order valence-electron chi connectivity index (χ3n) is 2.84. The number of halogens is 1. The van der Waals surface area contributed by atoms with Gasteiger partial charge < -0.3 is 4.90 Å². The quantitative estimate of drug-likeness (QED) is 0.785. The van der Waals surface area contributed by atoms with E-state index in [9.17, 15) is 0 Å². The number of nitrogens with zero attached hydrogens (tertiary/aromatic N) is 4. The summed E-state index contributed by atoms with van der Waals surface area (Å²) in [5.41, 5.74) is 2.25. The largest absolute Gasteiger partial charge is 0.356 e. The van der Waals surface area contributed by atoms with E-state index in [1.807, 2.05) is 25.6 Å². The summed E-state index contributed by atoms with van der Waals surface area (Å²) in [5, 5.41) is 14.2. The molecule has 17 heavy (non-hydrogen) atoms. The van der Waals surface area contributed by atoms with Crippen LogP contribution in [0, 0.1) is 24.2 Å². The molecule has 94 valence electrons. The highest BCUT2D eigenvalue weighted by Gasteiger charge is 2.18. The number of hydrogen-bond acceptors (Lipinski definition) is 3. The molecule has 1 unspecified atom stereocenters. The number of anilines is 1. The Kier molecular flexibility index (Phi) is 5.01. The first kappa shape index (κ1) is 14.0. The zero-order chi connectivity index (χ0) is 13.0. The number of nitriles is 1. The van der Waals surface area contributed by atoms with Gasteiger partial charge in [0.1, 0.15) is 5.82 Å². The van der Waals surface area contributed by atoms with Crippen LogP contribution in [0.1, 0.15) is 25.1 Å². The molecule has 1 aromatic heterocycles. The zero-order valence-corrected chi connectivity index (χ0v) is 12.5. The van der Waals surface area contributed by atoms with E-state index in [1.54, 1.807) is 0 Å². The predicted molar refractivity (Wildman–Crippen MR) is 73.2 cm³/mol. The summed E-state index contributed by atoms with van der Waals surface area (Å²) >= 11 is 3.51. The molecule has 0 saturated heterocycles. The summed E-state index contributed by atoms with van der Waals surface area (Å²) in [5.74, 6) is 1.14. The number of aryl methyl sites for hydroxylation is 2. The zero-order valence-electron chi connectivity index (χ0n) is 10.9. The van der Waals surface area contributed by atoms with E-state index >= 15 is 0 Å². The van der Waals surface area contributed by atoms with Crippen molar-refractivity contribution >= 4 is 21.7 Å². The molecule has 1 atom stereocenters. The fraction of sp³-hybridized carbons (Fsp3) is 0.667. The van der Waals surface area contributed by atoms with Gasteiger partial charge in [0, 0.05) is 31.0 Å². The summed E-state index contributed by atoms with van der Waals surface area (Å²) in [6.07, 6.45) is 0. The van der Waals surface area contributed by atoms with Gasteiger partial charge in [0.05, 0.1) is 17.7 Å². The van der Waals surface area contributed by atoms with Crippen LogP contribution in [-0.4, -0.2) is 22.9 Å². The van der Waals surface area contributed by atoms with E-state index in [1.165, 1.54) is 5.56 Å². The molecule has 1 aromatic rings. The van der Waals surface area contributed by atoms with Crippen LogP contribution < -0.4 is 4.90 Å². The van der Waals surface area contributed by atoms with Gasteiger partial charge in [-0.05, 0) is 20.8 Å². The molecule has 0 radical (unpaired) electrons. The van der Waals surface area contributed by atoms with Gasteiger partial charge in [-0.3, -0.25) is 4.68 Å². The van der Waals surface area contributed by atoms with Crippen LogP contribution in [0.2, 0.25) is 0 Å². The molecule has 0 spiro atoms. The Hall–Kier alpha value is -1.02. The standard InChI is InChI=1S/C12H19BrN4/c1-5-17(8-9(2)7-14)12-11(6-13)10(3)15-16(12)4/h9H,5-6,8H2,1-4H3. The van der Waals surface area contributed by atoms with Crippen LogP contribution >= 0.6 is 15.9 Å². The molecular formula is C12H19BrN4. The van der Waals surface area contributed by atoms with Crippen molar-refractivity contribution < 1.29 is 0 Å². The molecule has 0 aromatic carbocycles. The molecule has 5 heteroatoms. The van der Waals surface area contributed by atoms with Gasteiger partial charge in [-0.15, -0.1) is 0 Å². The molecule has 0 bridgehead atoms.